The lowest BCUT2D eigenvalue weighted by molar-refractivity contribution is -0.180. The fourth-order valence-electron chi connectivity index (χ4n) is 2.25. The van der Waals surface area contributed by atoms with Crippen LogP contribution >= 0.6 is 23.2 Å². The van der Waals surface area contributed by atoms with Crippen molar-refractivity contribution in [2.24, 2.45) is 0 Å². The molecule has 0 N–H and O–H groups in total. The molecule has 0 aliphatic carbocycles. The summed E-state index contributed by atoms with van der Waals surface area (Å²) in [5.74, 6) is 0.163. The number of hydrogen-bond acceptors (Lipinski definition) is 1. The smallest absolute Gasteiger partial charge is 0.429 e. The SMILES string of the molecule is FC(F)(F)C1C=Cc2cc(Cl)cc(-c3ccc(Cl)cc3)c2O1. The summed E-state index contributed by atoms with van der Waals surface area (Å²) in [7, 11) is 0. The van der Waals surface area contributed by atoms with E-state index in [9.17, 15) is 13.2 Å². The summed E-state index contributed by atoms with van der Waals surface area (Å²) < 4.78 is 43.8. The van der Waals surface area contributed by atoms with E-state index >= 15 is 0 Å². The van der Waals surface area contributed by atoms with Gasteiger partial charge in [0.2, 0.25) is 6.10 Å². The maximum Gasteiger partial charge on any atom is 0.429 e. The summed E-state index contributed by atoms with van der Waals surface area (Å²) in [6.45, 7) is 0. The molecule has 2 aromatic rings. The number of halogens is 5. The molecule has 6 heteroatoms. The van der Waals surface area contributed by atoms with Crippen LogP contribution in [-0.2, 0) is 0 Å². The Morgan fingerprint density at radius 2 is 1.64 bits per heavy atom. The average Bonchev–Trinajstić information content (AvgIpc) is 2.45. The highest BCUT2D eigenvalue weighted by atomic mass is 35.5. The quantitative estimate of drug-likeness (QED) is 0.616. The highest BCUT2D eigenvalue weighted by Crippen LogP contribution is 2.42. The van der Waals surface area contributed by atoms with Gasteiger partial charge in [-0.25, -0.2) is 0 Å². The fraction of sp³-hybridized carbons (Fsp3) is 0.125. The molecule has 1 atom stereocenters. The lowest BCUT2D eigenvalue weighted by Gasteiger charge is -2.25. The average molecular weight is 345 g/mol. The molecule has 1 aliphatic rings. The standard InChI is InChI=1S/C16H9Cl2F3O/c17-11-4-1-9(2-5-11)13-8-12(18)7-10-3-6-14(16(19,20)21)22-15(10)13/h1-8,14H. The molecule has 2 aromatic carbocycles. The molecule has 0 spiro atoms. The predicted octanol–water partition coefficient (Wildman–Crippen LogP) is 6.00. The fourth-order valence-corrected chi connectivity index (χ4v) is 2.60. The van der Waals surface area contributed by atoms with Gasteiger partial charge in [0.25, 0.3) is 0 Å². The van der Waals surface area contributed by atoms with E-state index in [1.807, 2.05) is 0 Å². The molecule has 22 heavy (non-hydrogen) atoms. The van der Waals surface area contributed by atoms with Crippen molar-refractivity contribution in [2.75, 3.05) is 0 Å². The Morgan fingerprint density at radius 1 is 0.955 bits per heavy atom. The molecular weight excluding hydrogens is 336 g/mol. The molecule has 0 saturated carbocycles. The number of fused-ring (bicyclic) bond motifs is 1. The van der Waals surface area contributed by atoms with E-state index in [0.717, 1.165) is 6.08 Å². The third-order valence-electron chi connectivity index (χ3n) is 3.26. The van der Waals surface area contributed by atoms with Gasteiger partial charge >= 0.3 is 6.18 Å². The molecule has 1 heterocycles. The molecule has 114 valence electrons. The van der Waals surface area contributed by atoms with Crippen molar-refractivity contribution < 1.29 is 17.9 Å². The van der Waals surface area contributed by atoms with Crippen molar-refractivity contribution in [3.63, 3.8) is 0 Å². The molecule has 0 bridgehead atoms. The molecule has 1 nitrogen and oxygen atoms in total. The van der Waals surface area contributed by atoms with Gasteiger partial charge in [-0.15, -0.1) is 0 Å². The second-order valence-electron chi connectivity index (χ2n) is 4.82. The minimum Gasteiger partial charge on any atom is -0.476 e. The van der Waals surface area contributed by atoms with Crippen molar-refractivity contribution >= 4 is 29.3 Å². The van der Waals surface area contributed by atoms with Gasteiger partial charge in [-0.2, -0.15) is 13.2 Å². The van der Waals surface area contributed by atoms with Crippen molar-refractivity contribution in [1.29, 1.82) is 0 Å². The van der Waals surface area contributed by atoms with Gasteiger partial charge in [-0.05, 0) is 35.9 Å². The van der Waals surface area contributed by atoms with Crippen molar-refractivity contribution in [3.8, 4) is 16.9 Å². The molecule has 0 saturated heterocycles. The highest BCUT2D eigenvalue weighted by Gasteiger charge is 2.42. The van der Waals surface area contributed by atoms with Crippen LogP contribution in [0.5, 0.6) is 5.75 Å². The van der Waals surface area contributed by atoms with Crippen molar-refractivity contribution in [3.05, 3.63) is 58.1 Å². The van der Waals surface area contributed by atoms with Crippen LogP contribution in [0.1, 0.15) is 5.56 Å². The maximum atomic E-state index is 12.9. The van der Waals surface area contributed by atoms with Crippen LogP contribution in [0.2, 0.25) is 10.0 Å². The lowest BCUT2D eigenvalue weighted by Crippen LogP contribution is -2.34. The molecule has 0 fully saturated rings. The van der Waals surface area contributed by atoms with Crippen LogP contribution in [0, 0.1) is 0 Å². The first-order valence-corrected chi connectivity index (χ1v) is 7.11. The Morgan fingerprint density at radius 3 is 2.27 bits per heavy atom. The Balaban J connectivity index is 2.12. The van der Waals surface area contributed by atoms with E-state index in [2.05, 4.69) is 0 Å². The summed E-state index contributed by atoms with van der Waals surface area (Å²) in [5, 5.41) is 0.955. The zero-order valence-corrected chi connectivity index (χ0v) is 12.5. The summed E-state index contributed by atoms with van der Waals surface area (Å²) >= 11 is 11.9. The van der Waals surface area contributed by atoms with Gasteiger partial charge in [-0.3, -0.25) is 0 Å². The summed E-state index contributed by atoms with van der Waals surface area (Å²) in [5.41, 5.74) is 1.69. The first kappa shape index (κ1) is 15.3. The normalized spacial score (nSPS) is 17.0. The monoisotopic (exact) mass is 344 g/mol. The molecular formula is C16H9Cl2F3O. The van der Waals surface area contributed by atoms with E-state index in [4.69, 9.17) is 27.9 Å². The Kier molecular flexibility index (Phi) is 3.83. The summed E-state index contributed by atoms with van der Waals surface area (Å²) in [4.78, 5) is 0. The van der Waals surface area contributed by atoms with Crippen LogP contribution in [0.3, 0.4) is 0 Å². The van der Waals surface area contributed by atoms with Crippen LogP contribution in [0.15, 0.2) is 42.5 Å². The molecule has 3 rings (SSSR count). The zero-order chi connectivity index (χ0) is 15.9. The molecule has 0 amide bonds. The van der Waals surface area contributed by atoms with Gasteiger partial charge in [0, 0.05) is 21.2 Å². The summed E-state index contributed by atoms with van der Waals surface area (Å²) in [6.07, 6.45) is -4.08. The number of alkyl halides is 3. The van der Waals surface area contributed by atoms with E-state index in [1.54, 1.807) is 36.4 Å². The second kappa shape index (κ2) is 5.52. The van der Waals surface area contributed by atoms with Gasteiger partial charge in [0.1, 0.15) is 5.75 Å². The minimum atomic E-state index is -4.47. The third-order valence-corrected chi connectivity index (χ3v) is 3.73. The van der Waals surface area contributed by atoms with Crippen LogP contribution < -0.4 is 4.74 Å². The van der Waals surface area contributed by atoms with Gasteiger partial charge in [0.15, 0.2) is 0 Å². The lowest BCUT2D eigenvalue weighted by atomic mass is 9.99. The maximum absolute atomic E-state index is 12.9. The Bertz CT molecular complexity index is 736. The molecule has 1 aliphatic heterocycles. The van der Waals surface area contributed by atoms with Gasteiger partial charge in [0.05, 0.1) is 0 Å². The van der Waals surface area contributed by atoms with Crippen LogP contribution in [-0.4, -0.2) is 12.3 Å². The number of hydrogen-bond donors (Lipinski definition) is 0. The largest absolute Gasteiger partial charge is 0.476 e. The first-order chi connectivity index (χ1) is 10.3. The molecule has 0 aromatic heterocycles. The first-order valence-electron chi connectivity index (χ1n) is 6.35. The highest BCUT2D eigenvalue weighted by molar-refractivity contribution is 6.31. The van der Waals surface area contributed by atoms with E-state index in [-0.39, 0.29) is 5.75 Å². The van der Waals surface area contributed by atoms with Crippen LogP contribution in [0.4, 0.5) is 13.2 Å². The zero-order valence-electron chi connectivity index (χ0n) is 11.0. The van der Waals surface area contributed by atoms with E-state index < -0.39 is 12.3 Å². The molecule has 1 unspecified atom stereocenters. The Hall–Kier alpha value is -1.65. The minimum absolute atomic E-state index is 0.163. The van der Waals surface area contributed by atoms with E-state index in [0.29, 0.717) is 26.7 Å². The van der Waals surface area contributed by atoms with Gasteiger partial charge in [-0.1, -0.05) is 41.4 Å². The number of benzene rings is 2. The molecule has 0 radical (unpaired) electrons. The number of ether oxygens (including phenoxy) is 1. The summed E-state index contributed by atoms with van der Waals surface area (Å²) in [6, 6.07) is 9.88. The Labute approximate surface area is 134 Å². The van der Waals surface area contributed by atoms with Crippen molar-refractivity contribution in [2.45, 2.75) is 12.3 Å². The number of rotatable bonds is 1. The topological polar surface area (TPSA) is 9.23 Å². The van der Waals surface area contributed by atoms with E-state index in [1.165, 1.54) is 6.08 Å². The predicted molar refractivity (Wildman–Crippen MR) is 81.4 cm³/mol. The van der Waals surface area contributed by atoms with Crippen molar-refractivity contribution in [1.82, 2.24) is 0 Å². The van der Waals surface area contributed by atoms with Crippen LogP contribution in [0.25, 0.3) is 17.2 Å². The third kappa shape index (κ3) is 2.94. The van der Waals surface area contributed by atoms with Gasteiger partial charge < -0.3 is 4.74 Å². The second-order valence-corrected chi connectivity index (χ2v) is 5.69.